The van der Waals surface area contributed by atoms with E-state index in [1.807, 2.05) is 36.4 Å². The van der Waals surface area contributed by atoms with Crippen LogP contribution in [-0.4, -0.2) is 142 Å². The van der Waals surface area contributed by atoms with Crippen LogP contribution >= 0.6 is 0 Å². The van der Waals surface area contributed by atoms with Crippen LogP contribution in [0.4, 0.5) is 17.1 Å². The second kappa shape index (κ2) is 15.5. The lowest BCUT2D eigenvalue weighted by Crippen LogP contribution is -2.34. The number of aromatic hydroxyl groups is 3. The van der Waals surface area contributed by atoms with Gasteiger partial charge in [0.2, 0.25) is 0 Å². The molecule has 0 saturated carbocycles. The molecule has 248 valence electrons. The van der Waals surface area contributed by atoms with Crippen LogP contribution in [0.5, 0.6) is 17.2 Å². The SMILES string of the molecule is C[N+](C)(C)c1ccc(O)c(C=NCCN(CCN=Cc2cc([N+](C)(C)C)ccc2O)CCN=Cc2cc([N+](C)(C)C)ccc2O)c1. The highest BCUT2D eigenvalue weighted by atomic mass is 16.3. The molecule has 3 aromatic carbocycles. The Morgan fingerprint density at radius 2 is 0.739 bits per heavy atom. The molecule has 0 radical (unpaired) electrons. The summed E-state index contributed by atoms with van der Waals surface area (Å²) in [6, 6.07) is 16.8. The number of aliphatic imine (C=N–C) groups is 3. The molecule has 0 aliphatic carbocycles. The van der Waals surface area contributed by atoms with Gasteiger partial charge in [0.05, 0.1) is 83.1 Å². The quantitative estimate of drug-likeness (QED) is 0.171. The van der Waals surface area contributed by atoms with Crippen molar-refractivity contribution < 1.29 is 15.3 Å². The summed E-state index contributed by atoms with van der Waals surface area (Å²) in [6.07, 6.45) is 5.20. The molecule has 0 unspecified atom stereocenters. The van der Waals surface area contributed by atoms with Gasteiger partial charge in [-0.25, -0.2) is 0 Å². The number of phenols is 3. The molecule has 0 aliphatic rings. The zero-order chi connectivity index (χ0) is 34.1. The van der Waals surface area contributed by atoms with Crippen LogP contribution < -0.4 is 13.4 Å². The minimum absolute atomic E-state index is 0.205. The van der Waals surface area contributed by atoms with Gasteiger partial charge in [0.1, 0.15) is 34.3 Å². The maximum absolute atomic E-state index is 10.4. The van der Waals surface area contributed by atoms with Crippen molar-refractivity contribution in [2.45, 2.75) is 0 Å². The molecule has 0 amide bonds. The summed E-state index contributed by atoms with van der Waals surface area (Å²) in [5, 5.41) is 31.1. The minimum atomic E-state index is 0.205. The van der Waals surface area contributed by atoms with E-state index in [9.17, 15) is 15.3 Å². The monoisotopic (exact) mass is 632 g/mol. The molecule has 3 rings (SSSR count). The van der Waals surface area contributed by atoms with Crippen LogP contribution in [0.3, 0.4) is 0 Å². The maximum Gasteiger partial charge on any atom is 0.133 e. The number of hydrogen-bond acceptors (Lipinski definition) is 7. The fraction of sp³-hybridized carbons (Fsp3) is 0.417. The molecule has 0 bridgehead atoms. The van der Waals surface area contributed by atoms with Crippen LogP contribution in [0, 0.1) is 0 Å². The molecule has 0 fully saturated rings. The van der Waals surface area contributed by atoms with Crippen molar-refractivity contribution in [3.05, 3.63) is 71.3 Å². The van der Waals surface area contributed by atoms with E-state index in [2.05, 4.69) is 83.3 Å². The van der Waals surface area contributed by atoms with Gasteiger partial charge in [0.25, 0.3) is 0 Å². The van der Waals surface area contributed by atoms with Crippen molar-refractivity contribution in [1.82, 2.24) is 18.3 Å². The fourth-order valence-corrected chi connectivity index (χ4v) is 4.61. The average molecular weight is 633 g/mol. The van der Waals surface area contributed by atoms with E-state index < -0.39 is 0 Å². The number of hydrogen-bond donors (Lipinski definition) is 3. The highest BCUT2D eigenvalue weighted by molar-refractivity contribution is 5.86. The van der Waals surface area contributed by atoms with E-state index in [1.54, 1.807) is 36.8 Å². The van der Waals surface area contributed by atoms with Crippen molar-refractivity contribution >= 4 is 35.7 Å². The summed E-state index contributed by atoms with van der Waals surface area (Å²) in [5.41, 5.74) is 5.31. The van der Waals surface area contributed by atoms with Gasteiger partial charge >= 0.3 is 0 Å². The molecule has 0 spiro atoms. The Morgan fingerprint density at radius 1 is 0.478 bits per heavy atom. The first kappa shape index (κ1) is 36.4. The van der Waals surface area contributed by atoms with Crippen molar-refractivity contribution in [2.75, 3.05) is 103 Å². The van der Waals surface area contributed by atoms with Crippen molar-refractivity contribution in [3.63, 3.8) is 0 Å². The molecular formula is C36H54N7O3+3. The molecule has 3 aromatic rings. The van der Waals surface area contributed by atoms with E-state index in [-0.39, 0.29) is 17.2 Å². The standard InChI is InChI=1S/C36H51N7O3/c1-41(2,3)31-10-13-34(44)28(22-31)25-37-16-19-40(20-17-38-26-29-23-32(42(4,5)6)11-14-35(29)45)21-18-39-27-30-24-33(43(7,8)9)12-15-36(30)46/h10-15,22-27H,16-21H2,1-9H3/p+3. The average Bonchev–Trinajstić information content (AvgIpc) is 2.95. The minimum Gasteiger partial charge on any atom is -0.507 e. The van der Waals surface area contributed by atoms with Crippen molar-refractivity contribution in [2.24, 2.45) is 15.0 Å². The van der Waals surface area contributed by atoms with Crippen LogP contribution in [0.1, 0.15) is 16.7 Å². The summed E-state index contributed by atoms with van der Waals surface area (Å²) in [5.74, 6) is 0.616. The fourth-order valence-electron chi connectivity index (χ4n) is 4.61. The summed E-state index contributed by atoms with van der Waals surface area (Å²) in [4.78, 5) is 16.1. The van der Waals surface area contributed by atoms with Crippen LogP contribution in [0.25, 0.3) is 0 Å². The van der Waals surface area contributed by atoms with Gasteiger partial charge in [0, 0.05) is 91.4 Å². The van der Waals surface area contributed by atoms with Crippen molar-refractivity contribution in [3.8, 4) is 17.2 Å². The van der Waals surface area contributed by atoms with E-state index in [4.69, 9.17) is 0 Å². The number of rotatable bonds is 15. The number of nitrogens with zero attached hydrogens (tertiary/aromatic N) is 7. The Morgan fingerprint density at radius 3 is 0.978 bits per heavy atom. The number of phenolic OH excluding ortho intramolecular Hbond substituents is 3. The molecule has 0 aromatic heterocycles. The van der Waals surface area contributed by atoms with Gasteiger partial charge in [0.15, 0.2) is 0 Å². The van der Waals surface area contributed by atoms with E-state index in [0.717, 1.165) is 17.1 Å². The molecule has 0 saturated heterocycles. The third kappa shape index (κ3) is 11.1. The first-order chi connectivity index (χ1) is 21.4. The van der Waals surface area contributed by atoms with Crippen molar-refractivity contribution in [1.29, 1.82) is 0 Å². The third-order valence-electron chi connectivity index (χ3n) is 7.68. The lowest BCUT2D eigenvalue weighted by atomic mass is 10.1. The molecule has 46 heavy (non-hydrogen) atoms. The van der Waals surface area contributed by atoms with E-state index in [1.165, 1.54) is 0 Å². The lowest BCUT2D eigenvalue weighted by molar-refractivity contribution is 0.298. The predicted molar refractivity (Wildman–Crippen MR) is 197 cm³/mol. The topological polar surface area (TPSA) is 101 Å². The van der Waals surface area contributed by atoms with Crippen LogP contribution in [0.15, 0.2) is 69.6 Å². The summed E-state index contributed by atoms with van der Waals surface area (Å²) < 4.78 is 1.93. The molecule has 3 N–H and O–H groups in total. The molecule has 10 nitrogen and oxygen atoms in total. The first-order valence-corrected chi connectivity index (χ1v) is 15.6. The van der Waals surface area contributed by atoms with Gasteiger partial charge in [-0.2, -0.15) is 0 Å². The largest absolute Gasteiger partial charge is 0.507 e. The molecule has 0 aliphatic heterocycles. The number of quaternary nitrogens is 3. The van der Waals surface area contributed by atoms with Crippen LogP contribution in [0.2, 0.25) is 0 Å². The predicted octanol–water partition coefficient (Wildman–Crippen LogP) is 4.35. The third-order valence-corrected chi connectivity index (χ3v) is 7.68. The highest BCUT2D eigenvalue weighted by Crippen LogP contribution is 2.26. The molecule has 0 heterocycles. The Balaban J connectivity index is 1.69. The smallest absolute Gasteiger partial charge is 0.133 e. The second-order valence-corrected chi connectivity index (χ2v) is 14.2. The Labute approximate surface area is 275 Å². The Hall–Kier alpha value is -4.09. The maximum atomic E-state index is 10.4. The number of benzene rings is 3. The molecular weight excluding hydrogens is 578 g/mol. The van der Waals surface area contributed by atoms with Gasteiger partial charge in [-0.1, -0.05) is 0 Å². The van der Waals surface area contributed by atoms with Crippen LogP contribution in [-0.2, 0) is 0 Å². The second-order valence-electron chi connectivity index (χ2n) is 14.2. The van der Waals surface area contributed by atoms with Gasteiger partial charge in [-0.15, -0.1) is 0 Å². The summed E-state index contributed by atoms with van der Waals surface area (Å²) in [6.45, 7) is 3.67. The lowest BCUT2D eigenvalue weighted by Gasteiger charge is -2.23. The molecule has 10 heteroatoms. The zero-order valence-corrected chi connectivity index (χ0v) is 29.1. The molecule has 0 atom stereocenters. The Kier molecular flexibility index (Phi) is 12.2. The first-order valence-electron chi connectivity index (χ1n) is 15.6. The normalized spacial score (nSPS) is 13.2. The van der Waals surface area contributed by atoms with Gasteiger partial charge in [-0.3, -0.25) is 33.3 Å². The zero-order valence-electron chi connectivity index (χ0n) is 29.1. The van der Waals surface area contributed by atoms with E-state index >= 15 is 0 Å². The van der Waals surface area contributed by atoms with Gasteiger partial charge < -0.3 is 15.3 Å². The Bertz CT molecular complexity index is 1360. The highest BCUT2D eigenvalue weighted by Gasteiger charge is 2.16. The summed E-state index contributed by atoms with van der Waals surface area (Å²) >= 11 is 0. The van der Waals surface area contributed by atoms with E-state index in [0.29, 0.717) is 69.4 Å². The summed E-state index contributed by atoms with van der Waals surface area (Å²) in [7, 11) is 18.7. The van der Waals surface area contributed by atoms with Gasteiger partial charge in [-0.05, 0) is 18.2 Å².